The van der Waals surface area contributed by atoms with Crippen molar-refractivity contribution in [1.29, 1.82) is 0 Å². The summed E-state index contributed by atoms with van der Waals surface area (Å²) in [4.78, 5) is 25.2. The first-order valence-corrected chi connectivity index (χ1v) is 9.50. The number of rotatable bonds is 7. The van der Waals surface area contributed by atoms with Gasteiger partial charge in [0.2, 0.25) is 5.91 Å². The number of anilines is 1. The molecule has 29 heavy (non-hydrogen) atoms. The largest absolute Gasteiger partial charge is 0.330 e. The highest BCUT2D eigenvalue weighted by Gasteiger charge is 2.32. The summed E-state index contributed by atoms with van der Waals surface area (Å²) in [6.45, 7) is 4.66. The van der Waals surface area contributed by atoms with E-state index < -0.39 is 4.92 Å². The van der Waals surface area contributed by atoms with Crippen LogP contribution in [-0.2, 0) is 4.79 Å². The average molecular weight is 419 g/mol. The molecular weight excluding hydrogens is 392 g/mol. The van der Waals surface area contributed by atoms with E-state index >= 15 is 0 Å². The number of carbonyl (C=O) groups excluding carboxylic acids is 1. The van der Waals surface area contributed by atoms with E-state index in [1.807, 2.05) is 18.2 Å². The summed E-state index contributed by atoms with van der Waals surface area (Å²) in [5.41, 5.74) is 8.23. The van der Waals surface area contributed by atoms with Crippen LogP contribution in [0, 0.1) is 23.0 Å². The number of amides is 1. The third-order valence-corrected chi connectivity index (χ3v) is 5.48. The fraction of sp³-hybridized carbons (Fsp3) is 0.381. The Bertz CT molecular complexity index is 847. The van der Waals surface area contributed by atoms with Crippen molar-refractivity contribution in [2.75, 3.05) is 31.5 Å². The Morgan fingerprint density at radius 2 is 1.93 bits per heavy atom. The van der Waals surface area contributed by atoms with Gasteiger partial charge in [0.15, 0.2) is 0 Å². The molecule has 1 aliphatic heterocycles. The molecule has 0 bridgehead atoms. The molecule has 0 unspecified atom stereocenters. The summed E-state index contributed by atoms with van der Waals surface area (Å²) in [7, 11) is 0. The van der Waals surface area contributed by atoms with Crippen molar-refractivity contribution >= 4 is 29.7 Å². The number of nitrogens with zero attached hydrogens (tertiary/aromatic N) is 2. The summed E-state index contributed by atoms with van der Waals surface area (Å²) in [5.74, 6) is 0.619. The van der Waals surface area contributed by atoms with Crippen LogP contribution in [0.1, 0.15) is 23.5 Å². The van der Waals surface area contributed by atoms with Gasteiger partial charge in [-0.25, -0.2) is 0 Å². The second kappa shape index (κ2) is 10.3. The quantitative estimate of drug-likeness (QED) is 0.530. The van der Waals surface area contributed by atoms with Crippen LogP contribution >= 0.6 is 12.4 Å². The number of halogens is 1. The van der Waals surface area contributed by atoms with Crippen molar-refractivity contribution < 1.29 is 9.72 Å². The second-order valence-corrected chi connectivity index (χ2v) is 7.28. The van der Waals surface area contributed by atoms with E-state index in [0.29, 0.717) is 42.6 Å². The van der Waals surface area contributed by atoms with Gasteiger partial charge < -0.3 is 16.0 Å². The van der Waals surface area contributed by atoms with Gasteiger partial charge in [-0.15, -0.1) is 12.4 Å². The van der Waals surface area contributed by atoms with E-state index in [-0.39, 0.29) is 24.0 Å². The molecule has 0 saturated carbocycles. The van der Waals surface area contributed by atoms with Gasteiger partial charge >= 0.3 is 0 Å². The molecule has 0 radical (unpaired) electrons. The zero-order chi connectivity index (χ0) is 20.1. The molecule has 3 N–H and O–H groups in total. The molecule has 7 nitrogen and oxygen atoms in total. The number of likely N-dealkylation sites (tertiary alicyclic amines) is 1. The van der Waals surface area contributed by atoms with E-state index in [1.165, 1.54) is 11.6 Å². The lowest BCUT2D eigenvalue weighted by Crippen LogP contribution is -2.27. The van der Waals surface area contributed by atoms with Gasteiger partial charge in [0.05, 0.1) is 16.2 Å². The lowest BCUT2D eigenvalue weighted by Gasteiger charge is -2.17. The highest BCUT2D eigenvalue weighted by Crippen LogP contribution is 2.32. The van der Waals surface area contributed by atoms with Gasteiger partial charge in [-0.2, -0.15) is 0 Å². The molecule has 1 fully saturated rings. The van der Waals surface area contributed by atoms with Crippen molar-refractivity contribution in [1.82, 2.24) is 4.90 Å². The van der Waals surface area contributed by atoms with E-state index in [0.717, 1.165) is 13.1 Å². The summed E-state index contributed by atoms with van der Waals surface area (Å²) in [6, 6.07) is 15.1. The molecule has 0 aliphatic carbocycles. The van der Waals surface area contributed by atoms with Gasteiger partial charge in [-0.1, -0.05) is 36.4 Å². The zero-order valence-electron chi connectivity index (χ0n) is 16.4. The normalized spacial score (nSPS) is 18.8. The molecule has 2 aromatic rings. The minimum absolute atomic E-state index is 0. The van der Waals surface area contributed by atoms with Gasteiger partial charge in [0.25, 0.3) is 5.69 Å². The maximum absolute atomic E-state index is 12.4. The van der Waals surface area contributed by atoms with Crippen LogP contribution < -0.4 is 11.1 Å². The molecule has 156 valence electrons. The van der Waals surface area contributed by atoms with Crippen LogP contribution in [0.5, 0.6) is 0 Å². The second-order valence-electron chi connectivity index (χ2n) is 7.28. The predicted molar refractivity (Wildman–Crippen MR) is 116 cm³/mol. The Balaban J connectivity index is 0.00000300. The lowest BCUT2D eigenvalue weighted by atomic mass is 9.89. The van der Waals surface area contributed by atoms with E-state index in [9.17, 15) is 14.9 Å². The molecule has 1 amide bonds. The standard InChI is InChI=1S/C21H26N4O3.ClH/c1-15-19(8-5-9-20(15)25(27)28)23-21(26)10-11-24-13-17(12-22)18(14-24)16-6-3-2-4-7-16;/h2-9,17-18H,10-14,22H2,1H3,(H,23,26);1H/t17-,18+;/m1./s1. The van der Waals surface area contributed by atoms with E-state index in [4.69, 9.17) is 5.73 Å². The van der Waals surface area contributed by atoms with E-state index in [2.05, 4.69) is 22.3 Å². The highest BCUT2D eigenvalue weighted by atomic mass is 35.5. The van der Waals surface area contributed by atoms with Crippen LogP contribution in [0.25, 0.3) is 0 Å². The molecule has 8 heteroatoms. The summed E-state index contributed by atoms with van der Waals surface area (Å²) < 4.78 is 0. The predicted octanol–water partition coefficient (Wildman–Crippen LogP) is 3.33. The number of nitro groups is 1. The fourth-order valence-electron chi connectivity index (χ4n) is 3.89. The number of nitrogens with two attached hydrogens (primary N) is 1. The van der Waals surface area contributed by atoms with Crippen LogP contribution in [0.4, 0.5) is 11.4 Å². The number of hydrogen-bond acceptors (Lipinski definition) is 5. The van der Waals surface area contributed by atoms with Crippen LogP contribution in [0.2, 0.25) is 0 Å². The Hall–Kier alpha value is -2.48. The number of hydrogen-bond donors (Lipinski definition) is 2. The molecule has 3 rings (SSSR count). The zero-order valence-corrected chi connectivity index (χ0v) is 17.2. The Labute approximate surface area is 176 Å². The Morgan fingerprint density at radius 3 is 2.59 bits per heavy atom. The van der Waals surface area contributed by atoms with Gasteiger partial charge in [-0.3, -0.25) is 14.9 Å². The highest BCUT2D eigenvalue weighted by molar-refractivity contribution is 5.92. The molecule has 1 saturated heterocycles. The number of nitro benzene ring substituents is 1. The topological polar surface area (TPSA) is 102 Å². The van der Waals surface area contributed by atoms with Crippen molar-refractivity contribution in [3.05, 3.63) is 69.8 Å². The van der Waals surface area contributed by atoms with Crippen molar-refractivity contribution in [2.24, 2.45) is 11.7 Å². The maximum Gasteiger partial charge on any atom is 0.274 e. The first-order valence-electron chi connectivity index (χ1n) is 9.50. The monoisotopic (exact) mass is 418 g/mol. The van der Waals surface area contributed by atoms with Crippen LogP contribution in [-0.4, -0.2) is 41.9 Å². The minimum Gasteiger partial charge on any atom is -0.330 e. The van der Waals surface area contributed by atoms with Gasteiger partial charge in [-0.05, 0) is 31.0 Å². The maximum atomic E-state index is 12.4. The lowest BCUT2D eigenvalue weighted by molar-refractivity contribution is -0.385. The molecule has 2 atom stereocenters. The summed E-state index contributed by atoms with van der Waals surface area (Å²) in [6.07, 6.45) is 0.334. The molecule has 1 aliphatic rings. The van der Waals surface area contributed by atoms with Crippen LogP contribution in [0.3, 0.4) is 0 Å². The van der Waals surface area contributed by atoms with Crippen LogP contribution in [0.15, 0.2) is 48.5 Å². The molecule has 2 aromatic carbocycles. The number of carbonyl (C=O) groups is 1. The first-order chi connectivity index (χ1) is 13.5. The summed E-state index contributed by atoms with van der Waals surface area (Å²) in [5, 5.41) is 13.8. The first kappa shape index (κ1) is 22.8. The third-order valence-electron chi connectivity index (χ3n) is 5.48. The smallest absolute Gasteiger partial charge is 0.274 e. The fourth-order valence-corrected chi connectivity index (χ4v) is 3.89. The molecular formula is C21H27ClN4O3. The molecule has 0 aromatic heterocycles. The molecule has 1 heterocycles. The average Bonchev–Trinajstić information content (AvgIpc) is 3.12. The Morgan fingerprint density at radius 1 is 1.21 bits per heavy atom. The summed E-state index contributed by atoms with van der Waals surface area (Å²) >= 11 is 0. The molecule has 0 spiro atoms. The van der Waals surface area contributed by atoms with Crippen molar-refractivity contribution in [2.45, 2.75) is 19.3 Å². The Kier molecular flexibility index (Phi) is 8.13. The van der Waals surface area contributed by atoms with Crippen molar-refractivity contribution in [3.8, 4) is 0 Å². The van der Waals surface area contributed by atoms with E-state index in [1.54, 1.807) is 19.1 Å². The number of benzene rings is 2. The van der Waals surface area contributed by atoms with Crippen molar-refractivity contribution in [3.63, 3.8) is 0 Å². The minimum atomic E-state index is -0.439. The SMILES string of the molecule is Cc1c(NC(=O)CCN2C[C@@H](CN)[C@H](c3ccccc3)C2)cccc1[N+](=O)[O-].Cl. The number of nitrogens with one attached hydrogen (secondary N) is 1. The van der Waals surface area contributed by atoms with Gasteiger partial charge in [0.1, 0.15) is 0 Å². The third kappa shape index (κ3) is 5.53. The van der Waals surface area contributed by atoms with Gasteiger partial charge in [0, 0.05) is 38.0 Å².